The van der Waals surface area contributed by atoms with Gasteiger partial charge in [0.2, 0.25) is 0 Å². The number of urea groups is 1. The molecule has 2 unspecified atom stereocenters. The van der Waals surface area contributed by atoms with Crippen LogP contribution in [0.3, 0.4) is 0 Å². The molecule has 2 aliphatic rings. The van der Waals surface area contributed by atoms with Crippen molar-refractivity contribution >= 4 is 23.8 Å². The minimum absolute atomic E-state index is 0.0276. The number of nitrogens with zero attached hydrogens (tertiary/aromatic N) is 4. The minimum atomic E-state index is -1.72. The highest BCUT2D eigenvalue weighted by atomic mass is 19.2. The Morgan fingerprint density at radius 2 is 1.79 bits per heavy atom. The summed E-state index contributed by atoms with van der Waals surface area (Å²) >= 11 is 0. The number of ether oxygens (including phenoxy) is 2. The number of rotatable bonds is 7. The maximum atomic E-state index is 14.1. The molecule has 2 atom stereocenters. The number of carbonyl (C=O) groups excluding carboxylic acids is 3. The van der Waals surface area contributed by atoms with Crippen LogP contribution < -0.4 is 0 Å². The van der Waals surface area contributed by atoms with E-state index in [-0.39, 0.29) is 17.9 Å². The van der Waals surface area contributed by atoms with Crippen LogP contribution in [0.2, 0.25) is 0 Å². The minimum Gasteiger partial charge on any atom is -0.468 e. The summed E-state index contributed by atoms with van der Waals surface area (Å²) in [7, 11) is 1.08. The van der Waals surface area contributed by atoms with Crippen LogP contribution in [0.4, 0.5) is 22.8 Å². The summed E-state index contributed by atoms with van der Waals surface area (Å²) in [6.45, 7) is 3.67. The monoisotopic (exact) mass is 546 g/mol. The number of amides is 3. The third-order valence-electron chi connectivity index (χ3n) is 7.06. The van der Waals surface area contributed by atoms with Gasteiger partial charge in [-0.2, -0.15) is 0 Å². The second-order valence-corrected chi connectivity index (χ2v) is 9.49. The molecule has 2 aliphatic heterocycles. The predicted octanol–water partition coefficient (Wildman–Crippen LogP) is 4.63. The Hall–Kier alpha value is -3.80. The van der Waals surface area contributed by atoms with Gasteiger partial charge in [-0.15, -0.1) is 0 Å². The molecule has 4 rings (SSSR count). The molecule has 1 aromatic carbocycles. The van der Waals surface area contributed by atoms with E-state index in [4.69, 9.17) is 9.47 Å². The standard InChI is InChI=1S/C27H29F3N4O5/c1-16-22(25(35)38-2)24(18-14-19(28)23(30)20(29)15-18)34(26(36)32-16)27(37)39-13-5-10-33-11-7-17(8-12-33)21-6-3-4-9-31-21/h3-4,6,9,14-15,17,22,24H,5,7-8,10-13H2,1-2H3. The van der Waals surface area contributed by atoms with Crippen molar-refractivity contribution in [2.24, 2.45) is 10.9 Å². The maximum Gasteiger partial charge on any atom is 0.418 e. The lowest BCUT2D eigenvalue weighted by atomic mass is 9.87. The Morgan fingerprint density at radius 1 is 1.10 bits per heavy atom. The van der Waals surface area contributed by atoms with E-state index in [1.165, 1.54) is 6.92 Å². The van der Waals surface area contributed by atoms with Crippen molar-refractivity contribution in [1.82, 2.24) is 14.8 Å². The van der Waals surface area contributed by atoms with Crippen LogP contribution in [0.15, 0.2) is 41.5 Å². The van der Waals surface area contributed by atoms with Crippen molar-refractivity contribution in [3.05, 3.63) is 65.2 Å². The first kappa shape index (κ1) is 28.2. The largest absolute Gasteiger partial charge is 0.468 e. The number of carbonyl (C=O) groups is 3. The topological polar surface area (TPSA) is 101 Å². The summed E-state index contributed by atoms with van der Waals surface area (Å²) in [6, 6.07) is 4.51. The number of halogens is 3. The van der Waals surface area contributed by atoms with Crippen molar-refractivity contribution < 1.29 is 37.0 Å². The van der Waals surface area contributed by atoms with Gasteiger partial charge >= 0.3 is 18.1 Å². The van der Waals surface area contributed by atoms with Crippen molar-refractivity contribution in [3.8, 4) is 0 Å². The smallest absolute Gasteiger partial charge is 0.418 e. The fraction of sp³-hybridized carbons (Fsp3) is 0.444. The number of aliphatic imine (C=N–C) groups is 1. The van der Waals surface area contributed by atoms with E-state index in [2.05, 4.69) is 14.9 Å². The average molecular weight is 547 g/mol. The first-order valence-corrected chi connectivity index (χ1v) is 12.6. The second kappa shape index (κ2) is 12.4. The predicted molar refractivity (Wildman–Crippen MR) is 134 cm³/mol. The van der Waals surface area contributed by atoms with Crippen LogP contribution in [0, 0.1) is 23.4 Å². The molecule has 3 amide bonds. The summed E-state index contributed by atoms with van der Waals surface area (Å²) in [4.78, 5) is 49.3. The molecular weight excluding hydrogens is 517 g/mol. The van der Waals surface area contributed by atoms with Crippen LogP contribution in [0.5, 0.6) is 0 Å². The molecule has 1 saturated heterocycles. The van der Waals surface area contributed by atoms with E-state index in [1.807, 2.05) is 18.2 Å². The molecule has 12 heteroatoms. The Morgan fingerprint density at radius 3 is 2.41 bits per heavy atom. The third kappa shape index (κ3) is 6.27. The fourth-order valence-electron chi connectivity index (χ4n) is 5.06. The molecule has 39 heavy (non-hydrogen) atoms. The molecule has 208 valence electrons. The molecule has 3 heterocycles. The van der Waals surface area contributed by atoms with E-state index in [1.54, 1.807) is 6.20 Å². The molecule has 0 aliphatic carbocycles. The van der Waals surface area contributed by atoms with Gasteiger partial charge in [-0.05, 0) is 69.1 Å². The van der Waals surface area contributed by atoms with Crippen LogP contribution in [0.25, 0.3) is 0 Å². The number of piperidine rings is 1. The number of benzene rings is 1. The summed E-state index contributed by atoms with van der Waals surface area (Å²) in [5.74, 6) is -6.67. The molecule has 0 bridgehead atoms. The Labute approximate surface area is 223 Å². The van der Waals surface area contributed by atoms with Gasteiger partial charge in [0, 0.05) is 30.1 Å². The Kier molecular flexibility index (Phi) is 8.95. The molecule has 2 aromatic rings. The quantitative estimate of drug-likeness (QED) is 0.284. The van der Waals surface area contributed by atoms with Gasteiger partial charge in [0.15, 0.2) is 17.5 Å². The van der Waals surface area contributed by atoms with Gasteiger partial charge in [0.25, 0.3) is 0 Å². The molecule has 1 aromatic heterocycles. The highest BCUT2D eigenvalue weighted by molar-refractivity contribution is 6.11. The highest BCUT2D eigenvalue weighted by Crippen LogP contribution is 2.36. The van der Waals surface area contributed by atoms with Crippen molar-refractivity contribution in [2.45, 2.75) is 38.1 Å². The zero-order chi connectivity index (χ0) is 28.1. The maximum absolute atomic E-state index is 14.1. The number of hydrogen-bond donors (Lipinski definition) is 0. The van der Waals surface area contributed by atoms with Gasteiger partial charge in [-0.3, -0.25) is 9.78 Å². The van der Waals surface area contributed by atoms with Gasteiger partial charge in [0.1, 0.15) is 5.92 Å². The van der Waals surface area contributed by atoms with Crippen molar-refractivity contribution in [1.29, 1.82) is 0 Å². The van der Waals surface area contributed by atoms with Crippen molar-refractivity contribution in [2.75, 3.05) is 33.4 Å². The molecule has 0 N–H and O–H groups in total. The zero-order valence-electron chi connectivity index (χ0n) is 21.6. The molecule has 1 fully saturated rings. The number of aromatic nitrogens is 1. The van der Waals surface area contributed by atoms with Gasteiger partial charge in [0.05, 0.1) is 19.8 Å². The Balaban J connectivity index is 1.41. The van der Waals surface area contributed by atoms with Crippen LogP contribution in [0.1, 0.15) is 49.4 Å². The first-order valence-electron chi connectivity index (χ1n) is 12.6. The SMILES string of the molecule is COC(=O)C1C(C)=NC(=O)N(C(=O)OCCCN2CCC(c3ccccn3)CC2)C1c1cc(F)c(F)c(F)c1. The first-order chi connectivity index (χ1) is 18.7. The van der Waals surface area contributed by atoms with Crippen LogP contribution in [-0.2, 0) is 14.3 Å². The third-order valence-corrected chi connectivity index (χ3v) is 7.06. The van der Waals surface area contributed by atoms with Crippen LogP contribution >= 0.6 is 0 Å². The molecule has 0 saturated carbocycles. The molecule has 0 radical (unpaired) electrons. The lowest BCUT2D eigenvalue weighted by Crippen LogP contribution is -2.50. The normalized spacial score (nSPS) is 20.5. The fourth-order valence-corrected chi connectivity index (χ4v) is 5.06. The lowest BCUT2D eigenvalue weighted by Gasteiger charge is -2.36. The van der Waals surface area contributed by atoms with Gasteiger partial charge in [-0.25, -0.2) is 32.7 Å². The summed E-state index contributed by atoms with van der Waals surface area (Å²) in [5.41, 5.74) is 0.730. The van der Waals surface area contributed by atoms with E-state index in [9.17, 15) is 27.6 Å². The summed E-state index contributed by atoms with van der Waals surface area (Å²) in [6.07, 6.45) is 3.02. The number of esters is 1. The summed E-state index contributed by atoms with van der Waals surface area (Å²) in [5, 5.41) is 0. The number of hydrogen-bond acceptors (Lipinski definition) is 7. The molecule has 9 nitrogen and oxygen atoms in total. The van der Waals surface area contributed by atoms with E-state index >= 15 is 0 Å². The summed E-state index contributed by atoms with van der Waals surface area (Å²) < 4.78 is 51.9. The van der Waals surface area contributed by atoms with Gasteiger partial charge < -0.3 is 14.4 Å². The molecule has 0 spiro atoms. The lowest BCUT2D eigenvalue weighted by molar-refractivity contribution is -0.144. The van der Waals surface area contributed by atoms with Crippen molar-refractivity contribution in [3.63, 3.8) is 0 Å². The van der Waals surface area contributed by atoms with E-state index in [0.717, 1.165) is 38.7 Å². The van der Waals surface area contributed by atoms with E-state index < -0.39 is 47.5 Å². The van der Waals surface area contributed by atoms with Gasteiger partial charge in [-0.1, -0.05) is 6.07 Å². The average Bonchev–Trinajstić information content (AvgIpc) is 2.93. The Bertz CT molecular complexity index is 1230. The second-order valence-electron chi connectivity index (χ2n) is 9.49. The highest BCUT2D eigenvalue weighted by Gasteiger charge is 2.47. The van der Waals surface area contributed by atoms with E-state index in [0.29, 0.717) is 35.9 Å². The number of methoxy groups -OCH3 is 1. The number of imide groups is 1. The zero-order valence-corrected chi connectivity index (χ0v) is 21.6. The molecular formula is C27H29F3N4O5. The number of likely N-dealkylation sites (tertiary alicyclic amines) is 1. The number of pyridine rings is 1. The van der Waals surface area contributed by atoms with Crippen LogP contribution in [-0.4, -0.2) is 71.9 Å².